The lowest BCUT2D eigenvalue weighted by Crippen LogP contribution is -2.15. The van der Waals surface area contributed by atoms with Crippen LogP contribution in [0, 0.1) is 25.2 Å². The molecular weight excluding hydrogens is 655 g/mol. The Hall–Kier alpha value is -6.50. The van der Waals surface area contributed by atoms with E-state index in [1.54, 1.807) is 0 Å². The molecule has 1 heterocycles. The average molecular weight is 696 g/mol. The largest absolute Gasteiger partial charge is 0.398 e. The van der Waals surface area contributed by atoms with Gasteiger partial charge in [-0.1, -0.05) is 130 Å². The number of fused-ring (bicyclic) bond motifs is 6. The van der Waals surface area contributed by atoms with Crippen LogP contribution in [-0.2, 0) is 5.41 Å². The lowest BCUT2D eigenvalue weighted by molar-refractivity contribution is 0.660. The Morgan fingerprint density at radius 1 is 0.630 bits per heavy atom. The summed E-state index contributed by atoms with van der Waals surface area (Å²) in [5.41, 5.74) is 25.8. The molecule has 1 atom stereocenters. The number of rotatable bonds is 5. The Balaban J connectivity index is 1.27. The maximum atomic E-state index is 9.61. The van der Waals surface area contributed by atoms with Crippen molar-refractivity contribution in [2.75, 3.05) is 5.73 Å². The van der Waals surface area contributed by atoms with Gasteiger partial charge in [-0.3, -0.25) is 0 Å². The number of hydrogen-bond acceptors (Lipinski definition) is 3. The molecule has 1 unspecified atom stereocenters. The zero-order valence-electron chi connectivity index (χ0n) is 31.3. The first kappa shape index (κ1) is 33.3. The van der Waals surface area contributed by atoms with E-state index in [1.807, 2.05) is 12.1 Å². The maximum absolute atomic E-state index is 9.61. The number of anilines is 1. The molecule has 1 aliphatic rings. The van der Waals surface area contributed by atoms with Crippen molar-refractivity contribution in [2.45, 2.75) is 46.0 Å². The highest BCUT2D eigenvalue weighted by molar-refractivity contribution is 6.16. The number of para-hydroxylation sites is 1. The zero-order chi connectivity index (χ0) is 37.3. The molecule has 2 N–H and O–H groups in total. The van der Waals surface area contributed by atoms with Gasteiger partial charge in [0.05, 0.1) is 22.8 Å². The van der Waals surface area contributed by atoms with Gasteiger partial charge in [0.15, 0.2) is 0 Å². The van der Waals surface area contributed by atoms with Gasteiger partial charge in [-0.15, -0.1) is 0 Å². The molecule has 0 saturated heterocycles. The van der Waals surface area contributed by atoms with E-state index in [0.29, 0.717) is 5.56 Å². The van der Waals surface area contributed by atoms with Gasteiger partial charge in [0, 0.05) is 38.9 Å². The first-order valence-corrected chi connectivity index (χ1v) is 18.7. The fraction of sp³-hybridized carbons (Fsp3) is 0.137. The molecular formula is C51H41N3. The van der Waals surface area contributed by atoms with Gasteiger partial charge in [0.25, 0.3) is 0 Å². The Morgan fingerprint density at radius 2 is 1.24 bits per heavy atom. The minimum atomic E-state index is -0.226. The van der Waals surface area contributed by atoms with Crippen molar-refractivity contribution in [1.82, 2.24) is 4.98 Å². The van der Waals surface area contributed by atoms with E-state index in [9.17, 15) is 5.26 Å². The number of nitriles is 1. The predicted octanol–water partition coefficient (Wildman–Crippen LogP) is 12.9. The molecule has 1 aromatic heterocycles. The molecule has 0 radical (unpaired) electrons. The SMILES string of the molecule is Cc1c(-c2ccc(-c3ccc4c(c3)C(C)(C)c3cc(C#N)ccc3-4)cc2N)c(C(C)c2ccccc2)c(C)c2c1c(-c1ccccc1)nc1ccccc12. The van der Waals surface area contributed by atoms with Crippen molar-refractivity contribution >= 4 is 27.4 Å². The van der Waals surface area contributed by atoms with Gasteiger partial charge in [0.2, 0.25) is 0 Å². The number of hydrogen-bond donors (Lipinski definition) is 1. The minimum absolute atomic E-state index is 0.109. The summed E-state index contributed by atoms with van der Waals surface area (Å²) in [6.45, 7) is 11.4. The van der Waals surface area contributed by atoms with E-state index in [0.717, 1.165) is 44.5 Å². The molecule has 3 heteroatoms. The topological polar surface area (TPSA) is 62.7 Å². The van der Waals surface area contributed by atoms with Crippen LogP contribution < -0.4 is 5.73 Å². The second-order valence-corrected chi connectivity index (χ2v) is 15.3. The second-order valence-electron chi connectivity index (χ2n) is 15.3. The van der Waals surface area contributed by atoms with E-state index in [4.69, 9.17) is 10.7 Å². The summed E-state index contributed by atoms with van der Waals surface area (Å²) in [5.74, 6) is 0.109. The summed E-state index contributed by atoms with van der Waals surface area (Å²) in [7, 11) is 0. The lowest BCUT2D eigenvalue weighted by Gasteiger charge is -2.27. The minimum Gasteiger partial charge on any atom is -0.398 e. The first-order chi connectivity index (χ1) is 26.2. The zero-order valence-corrected chi connectivity index (χ0v) is 31.3. The van der Waals surface area contributed by atoms with Crippen LogP contribution in [-0.4, -0.2) is 4.98 Å². The fourth-order valence-electron chi connectivity index (χ4n) is 9.17. The summed E-state index contributed by atoms with van der Waals surface area (Å²) in [5, 5.41) is 13.2. The number of pyridine rings is 1. The number of aromatic nitrogens is 1. The number of nitrogens with two attached hydrogens (primary N) is 1. The molecule has 0 saturated carbocycles. The van der Waals surface area contributed by atoms with Crippen molar-refractivity contribution < 1.29 is 0 Å². The van der Waals surface area contributed by atoms with Gasteiger partial charge in [-0.05, 0) is 111 Å². The summed E-state index contributed by atoms with van der Waals surface area (Å²) >= 11 is 0. The molecule has 7 aromatic carbocycles. The van der Waals surface area contributed by atoms with Crippen LogP contribution in [0.1, 0.15) is 65.6 Å². The summed E-state index contributed by atoms with van der Waals surface area (Å²) in [6, 6.07) is 51.6. The first-order valence-electron chi connectivity index (χ1n) is 18.7. The Bertz CT molecular complexity index is 2840. The van der Waals surface area contributed by atoms with Crippen LogP contribution in [0.4, 0.5) is 5.69 Å². The smallest absolute Gasteiger partial charge is 0.0991 e. The molecule has 260 valence electrons. The Kier molecular flexibility index (Phi) is 7.76. The average Bonchev–Trinajstić information content (AvgIpc) is 3.43. The van der Waals surface area contributed by atoms with E-state index < -0.39 is 0 Å². The summed E-state index contributed by atoms with van der Waals surface area (Å²) < 4.78 is 0. The van der Waals surface area contributed by atoms with Crippen LogP contribution in [0.15, 0.2) is 140 Å². The van der Waals surface area contributed by atoms with Crippen LogP contribution in [0.5, 0.6) is 0 Å². The van der Waals surface area contributed by atoms with Gasteiger partial charge in [-0.25, -0.2) is 4.98 Å². The van der Waals surface area contributed by atoms with Crippen LogP contribution in [0.3, 0.4) is 0 Å². The van der Waals surface area contributed by atoms with E-state index >= 15 is 0 Å². The molecule has 3 nitrogen and oxygen atoms in total. The van der Waals surface area contributed by atoms with Crippen molar-refractivity contribution in [1.29, 1.82) is 5.26 Å². The van der Waals surface area contributed by atoms with Crippen molar-refractivity contribution in [2.24, 2.45) is 0 Å². The van der Waals surface area contributed by atoms with E-state index in [-0.39, 0.29) is 11.3 Å². The van der Waals surface area contributed by atoms with Crippen LogP contribution >= 0.6 is 0 Å². The molecule has 54 heavy (non-hydrogen) atoms. The maximum Gasteiger partial charge on any atom is 0.0991 e. The number of benzene rings is 7. The summed E-state index contributed by atoms with van der Waals surface area (Å²) in [6.07, 6.45) is 0. The number of nitrogens with zero attached hydrogens (tertiary/aromatic N) is 2. The molecule has 9 rings (SSSR count). The van der Waals surface area contributed by atoms with Gasteiger partial charge in [0.1, 0.15) is 0 Å². The molecule has 1 aliphatic carbocycles. The van der Waals surface area contributed by atoms with Crippen LogP contribution in [0.25, 0.3) is 66.3 Å². The third kappa shape index (κ3) is 5.06. The second kappa shape index (κ2) is 12.6. The molecule has 0 amide bonds. The highest BCUT2D eigenvalue weighted by atomic mass is 14.7. The summed E-state index contributed by atoms with van der Waals surface area (Å²) in [4.78, 5) is 5.34. The molecule has 0 bridgehead atoms. The normalized spacial score (nSPS) is 13.4. The third-order valence-corrected chi connectivity index (χ3v) is 11.9. The van der Waals surface area contributed by atoms with Gasteiger partial charge in [-0.2, -0.15) is 5.26 Å². The predicted molar refractivity (Wildman–Crippen MR) is 226 cm³/mol. The van der Waals surface area contributed by atoms with Crippen molar-refractivity contribution in [3.05, 3.63) is 178 Å². The fourth-order valence-corrected chi connectivity index (χ4v) is 9.17. The lowest BCUT2D eigenvalue weighted by atomic mass is 9.77. The highest BCUT2D eigenvalue weighted by Crippen LogP contribution is 2.51. The molecule has 8 aromatic rings. The molecule has 0 fully saturated rings. The van der Waals surface area contributed by atoms with Crippen LogP contribution in [0.2, 0.25) is 0 Å². The monoisotopic (exact) mass is 695 g/mol. The molecule has 0 spiro atoms. The van der Waals surface area contributed by atoms with E-state index in [2.05, 4.69) is 168 Å². The third-order valence-electron chi connectivity index (χ3n) is 11.9. The standard InChI is InChI=1S/C51H41N3/c1-30(34-14-8-6-9-15-34)46-31(2)48-41-18-12-13-19-45(41)54-50(35-16-10-7-11-17-35)49(48)32(3)47(46)40-25-22-37(28-44(40)53)36-21-24-39-38-23-20-33(29-52)26-42(38)51(4,5)43(39)27-36/h6-28,30H,53H2,1-5H3. The van der Waals surface area contributed by atoms with Crippen molar-refractivity contribution in [3.8, 4) is 50.7 Å². The van der Waals surface area contributed by atoms with Gasteiger partial charge < -0.3 is 5.73 Å². The van der Waals surface area contributed by atoms with E-state index in [1.165, 1.54) is 60.8 Å². The molecule has 0 aliphatic heterocycles. The Labute approximate surface area is 317 Å². The quantitative estimate of drug-likeness (QED) is 0.144. The highest BCUT2D eigenvalue weighted by Gasteiger charge is 2.36. The number of aryl methyl sites for hydroxylation is 2. The van der Waals surface area contributed by atoms with Crippen molar-refractivity contribution in [3.63, 3.8) is 0 Å². The van der Waals surface area contributed by atoms with Gasteiger partial charge >= 0.3 is 0 Å². The Morgan fingerprint density at radius 3 is 1.94 bits per heavy atom. The number of nitrogen functional groups attached to an aromatic ring is 1.